The highest BCUT2D eigenvalue weighted by molar-refractivity contribution is 5.75. The Balaban J connectivity index is 2.31. The van der Waals surface area contributed by atoms with E-state index in [1.54, 1.807) is 6.92 Å². The Bertz CT molecular complexity index is 603. The summed E-state index contributed by atoms with van der Waals surface area (Å²) in [4.78, 5) is 15.6. The molecule has 17 heavy (non-hydrogen) atoms. The summed E-state index contributed by atoms with van der Waals surface area (Å²) in [5, 5.41) is 12.0. The van der Waals surface area contributed by atoms with Crippen LogP contribution in [0.1, 0.15) is 37.8 Å². The van der Waals surface area contributed by atoms with Crippen molar-refractivity contribution in [3.05, 3.63) is 16.7 Å². The standard InChI is InChI=1S/C11H15N5O/c1-5-9(17)12-8(4)10-13-11-6(2)7(3)14-16(11)15-10/h8H,2,5H2,1,3-4H3,(H,12,17). The highest BCUT2D eigenvalue weighted by Gasteiger charge is 2.15. The molecular weight excluding hydrogens is 218 g/mol. The third-order valence-electron chi connectivity index (χ3n) is 2.64. The van der Waals surface area contributed by atoms with Gasteiger partial charge in [-0.05, 0) is 13.8 Å². The second-order valence-corrected chi connectivity index (χ2v) is 3.99. The lowest BCUT2D eigenvalue weighted by Crippen LogP contribution is -2.26. The molecule has 0 aliphatic rings. The average Bonchev–Trinajstić information content (AvgIpc) is 2.80. The van der Waals surface area contributed by atoms with Crippen LogP contribution in [0.3, 0.4) is 0 Å². The molecule has 2 aromatic heterocycles. The van der Waals surface area contributed by atoms with Gasteiger partial charge in [0.25, 0.3) is 0 Å². The van der Waals surface area contributed by atoms with Gasteiger partial charge in [0.2, 0.25) is 5.91 Å². The number of nitrogens with one attached hydrogen (secondary N) is 1. The molecule has 6 nitrogen and oxygen atoms in total. The Morgan fingerprint density at radius 2 is 2.24 bits per heavy atom. The lowest BCUT2D eigenvalue weighted by Gasteiger charge is -2.08. The van der Waals surface area contributed by atoms with Crippen molar-refractivity contribution in [1.29, 1.82) is 0 Å². The van der Waals surface area contributed by atoms with Crippen molar-refractivity contribution in [2.45, 2.75) is 33.2 Å². The van der Waals surface area contributed by atoms with E-state index in [1.807, 2.05) is 13.8 Å². The van der Waals surface area contributed by atoms with Crippen LogP contribution in [-0.4, -0.2) is 25.7 Å². The summed E-state index contributed by atoms with van der Waals surface area (Å²) in [6.45, 7) is 9.40. The molecule has 1 unspecified atom stereocenters. The molecule has 0 bridgehead atoms. The van der Waals surface area contributed by atoms with Gasteiger partial charge in [-0.25, -0.2) is 4.98 Å². The van der Waals surface area contributed by atoms with E-state index < -0.39 is 0 Å². The molecule has 0 spiro atoms. The maximum Gasteiger partial charge on any atom is 0.220 e. The summed E-state index contributed by atoms with van der Waals surface area (Å²) in [7, 11) is 0. The molecule has 0 saturated carbocycles. The van der Waals surface area contributed by atoms with Crippen LogP contribution in [0.5, 0.6) is 0 Å². The lowest BCUT2D eigenvalue weighted by molar-refractivity contribution is -0.121. The molecule has 90 valence electrons. The van der Waals surface area contributed by atoms with E-state index in [1.165, 1.54) is 4.63 Å². The van der Waals surface area contributed by atoms with Crippen molar-refractivity contribution < 1.29 is 4.79 Å². The number of nitrogens with zero attached hydrogens (tertiary/aromatic N) is 4. The predicted octanol–water partition coefficient (Wildman–Crippen LogP) is 0.149. The molecule has 0 aliphatic carbocycles. The first-order valence-electron chi connectivity index (χ1n) is 5.54. The molecule has 0 saturated heterocycles. The van der Waals surface area contributed by atoms with Gasteiger partial charge in [0.1, 0.15) is 0 Å². The minimum atomic E-state index is -0.219. The van der Waals surface area contributed by atoms with Gasteiger partial charge in [-0.2, -0.15) is 5.10 Å². The Kier molecular flexibility index (Phi) is 2.79. The zero-order valence-electron chi connectivity index (χ0n) is 10.2. The fraction of sp³-hybridized carbons (Fsp3) is 0.455. The summed E-state index contributed by atoms with van der Waals surface area (Å²) in [5.41, 5.74) is 1.46. The van der Waals surface area contributed by atoms with Crippen molar-refractivity contribution in [3.8, 4) is 0 Å². The topological polar surface area (TPSA) is 72.2 Å². The monoisotopic (exact) mass is 233 g/mol. The third kappa shape index (κ3) is 1.98. The van der Waals surface area contributed by atoms with E-state index in [0.717, 1.165) is 10.9 Å². The van der Waals surface area contributed by atoms with Crippen LogP contribution in [0.25, 0.3) is 12.2 Å². The molecule has 0 aromatic carbocycles. The Labute approximate surface area is 98.7 Å². The van der Waals surface area contributed by atoms with Gasteiger partial charge >= 0.3 is 0 Å². The number of aromatic nitrogens is 4. The van der Waals surface area contributed by atoms with Crippen LogP contribution in [0.4, 0.5) is 0 Å². The van der Waals surface area contributed by atoms with Crippen LogP contribution in [-0.2, 0) is 4.79 Å². The molecule has 2 rings (SSSR count). The predicted molar refractivity (Wildman–Crippen MR) is 63.1 cm³/mol. The van der Waals surface area contributed by atoms with Gasteiger partial charge < -0.3 is 5.32 Å². The van der Waals surface area contributed by atoms with E-state index in [-0.39, 0.29) is 11.9 Å². The van der Waals surface area contributed by atoms with Crippen molar-refractivity contribution in [3.63, 3.8) is 0 Å². The third-order valence-corrected chi connectivity index (χ3v) is 2.64. The molecule has 0 aliphatic heterocycles. The molecule has 1 N–H and O–H groups in total. The van der Waals surface area contributed by atoms with Gasteiger partial charge in [0.15, 0.2) is 11.5 Å². The molecular formula is C11H15N5O. The van der Waals surface area contributed by atoms with Gasteiger partial charge in [-0.3, -0.25) is 4.79 Å². The lowest BCUT2D eigenvalue weighted by atomic mass is 10.3. The molecule has 1 atom stereocenters. The van der Waals surface area contributed by atoms with Crippen LogP contribution in [0.2, 0.25) is 0 Å². The minimum absolute atomic E-state index is 0.0223. The first-order chi connectivity index (χ1) is 8.02. The minimum Gasteiger partial charge on any atom is -0.346 e. The number of carbonyl (C=O) groups excluding carboxylic acids is 1. The number of amides is 1. The van der Waals surface area contributed by atoms with Crippen molar-refractivity contribution in [1.82, 2.24) is 25.1 Å². The van der Waals surface area contributed by atoms with Crippen molar-refractivity contribution >= 4 is 18.1 Å². The summed E-state index contributed by atoms with van der Waals surface area (Å²) in [6, 6.07) is -0.219. The van der Waals surface area contributed by atoms with Gasteiger partial charge in [-0.1, -0.05) is 13.5 Å². The SMILES string of the molecule is C=c1c(C)nn2nc(C(C)NC(=O)CC)nc12. The molecule has 1 amide bonds. The normalized spacial score (nSPS) is 12.9. The van der Waals surface area contributed by atoms with Crippen molar-refractivity contribution in [2.24, 2.45) is 0 Å². The van der Waals surface area contributed by atoms with E-state index in [2.05, 4.69) is 27.1 Å². The zero-order chi connectivity index (χ0) is 12.6. The summed E-state index contributed by atoms with van der Waals surface area (Å²) in [5.74, 6) is 0.533. The fourth-order valence-electron chi connectivity index (χ4n) is 1.53. The number of aryl methyl sites for hydroxylation is 1. The Morgan fingerprint density at radius 3 is 2.82 bits per heavy atom. The smallest absolute Gasteiger partial charge is 0.220 e. The van der Waals surface area contributed by atoms with Crippen LogP contribution in [0, 0.1) is 6.92 Å². The average molecular weight is 233 g/mol. The highest BCUT2D eigenvalue weighted by Crippen LogP contribution is 2.07. The summed E-state index contributed by atoms with van der Waals surface area (Å²) in [6.07, 6.45) is 0.446. The first-order valence-corrected chi connectivity index (χ1v) is 5.54. The van der Waals surface area contributed by atoms with Gasteiger partial charge in [-0.15, -0.1) is 9.73 Å². The molecule has 6 heteroatoms. The number of hydrogen-bond acceptors (Lipinski definition) is 4. The van der Waals surface area contributed by atoms with E-state index >= 15 is 0 Å². The Hall–Kier alpha value is -1.98. The summed E-state index contributed by atoms with van der Waals surface area (Å²) >= 11 is 0. The quantitative estimate of drug-likeness (QED) is 0.819. The van der Waals surface area contributed by atoms with Crippen LogP contribution >= 0.6 is 0 Å². The van der Waals surface area contributed by atoms with Gasteiger partial charge in [0.05, 0.1) is 11.7 Å². The zero-order valence-corrected chi connectivity index (χ0v) is 10.2. The van der Waals surface area contributed by atoms with E-state index in [0.29, 0.717) is 17.9 Å². The molecule has 2 aromatic rings. The summed E-state index contributed by atoms with van der Waals surface area (Å²) < 4.78 is 1.46. The largest absolute Gasteiger partial charge is 0.346 e. The number of fused-ring (bicyclic) bond motifs is 1. The van der Waals surface area contributed by atoms with Crippen molar-refractivity contribution in [2.75, 3.05) is 0 Å². The maximum absolute atomic E-state index is 11.3. The molecule has 0 radical (unpaired) electrons. The Morgan fingerprint density at radius 1 is 1.53 bits per heavy atom. The second kappa shape index (κ2) is 4.12. The van der Waals surface area contributed by atoms with Crippen LogP contribution in [0.15, 0.2) is 0 Å². The fourth-order valence-corrected chi connectivity index (χ4v) is 1.53. The van der Waals surface area contributed by atoms with E-state index in [9.17, 15) is 4.79 Å². The van der Waals surface area contributed by atoms with E-state index in [4.69, 9.17) is 0 Å². The molecule has 0 fully saturated rings. The first kappa shape index (κ1) is 11.5. The van der Waals surface area contributed by atoms with Gasteiger partial charge in [0, 0.05) is 11.6 Å². The molecule has 2 heterocycles. The number of rotatable bonds is 3. The second-order valence-electron chi connectivity index (χ2n) is 3.99. The highest BCUT2D eigenvalue weighted by atomic mass is 16.1. The number of hydrogen-bond donors (Lipinski definition) is 1. The number of carbonyl (C=O) groups is 1. The maximum atomic E-state index is 11.3. The van der Waals surface area contributed by atoms with Crippen LogP contribution < -0.4 is 10.5 Å².